The lowest BCUT2D eigenvalue weighted by Crippen LogP contribution is -2.44. The summed E-state index contributed by atoms with van der Waals surface area (Å²) in [4.78, 5) is 31.9. The van der Waals surface area contributed by atoms with Crippen LogP contribution in [0.2, 0.25) is 0 Å². The van der Waals surface area contributed by atoms with Crippen LogP contribution in [0.3, 0.4) is 0 Å². The second-order valence-electron chi connectivity index (χ2n) is 13.4. The Balaban J connectivity index is 1.08. The average Bonchev–Trinajstić information content (AvgIpc) is 3.54. The Kier molecular flexibility index (Phi) is 11.8. The number of rotatable bonds is 11. The van der Waals surface area contributed by atoms with Crippen LogP contribution in [-0.4, -0.2) is 53.2 Å². The fourth-order valence-corrected chi connectivity index (χ4v) is 8.45. The lowest BCUT2D eigenvalue weighted by atomic mass is 9.94. The van der Waals surface area contributed by atoms with E-state index < -0.39 is 11.7 Å². The van der Waals surface area contributed by atoms with Crippen molar-refractivity contribution in [3.63, 3.8) is 0 Å². The zero-order valence-corrected chi connectivity index (χ0v) is 29.4. The molecule has 1 N–H and O–H groups in total. The van der Waals surface area contributed by atoms with Crippen molar-refractivity contribution in [3.8, 4) is 16.9 Å². The van der Waals surface area contributed by atoms with Crippen LogP contribution >= 0.6 is 11.8 Å². The fraction of sp³-hybridized carbons (Fsp3) is 0.450. The Morgan fingerprint density at radius 1 is 0.920 bits per heavy atom. The molecule has 1 fully saturated rings. The number of thioether (sulfide) groups is 1. The smallest absolute Gasteiger partial charge is 0.416 e. The molecule has 0 aromatic heterocycles. The first-order chi connectivity index (χ1) is 24.2. The van der Waals surface area contributed by atoms with Crippen LogP contribution in [0.15, 0.2) is 83.9 Å². The van der Waals surface area contributed by atoms with Gasteiger partial charge in [-0.15, -0.1) is 11.8 Å². The van der Waals surface area contributed by atoms with Gasteiger partial charge >= 0.3 is 6.18 Å². The summed E-state index contributed by atoms with van der Waals surface area (Å²) >= 11 is 1.65. The van der Waals surface area contributed by atoms with Gasteiger partial charge in [-0.25, -0.2) is 0 Å². The van der Waals surface area contributed by atoms with Crippen LogP contribution in [0.5, 0.6) is 5.75 Å². The van der Waals surface area contributed by atoms with E-state index in [4.69, 9.17) is 4.74 Å². The van der Waals surface area contributed by atoms with Gasteiger partial charge in [0.1, 0.15) is 11.4 Å². The van der Waals surface area contributed by atoms with E-state index in [9.17, 15) is 22.8 Å². The Hall–Kier alpha value is -3.92. The summed E-state index contributed by atoms with van der Waals surface area (Å²) in [5, 5.41) is 5.59. The molecule has 0 aliphatic carbocycles. The first-order valence-corrected chi connectivity index (χ1v) is 18.9. The highest BCUT2D eigenvalue weighted by molar-refractivity contribution is 8.03. The zero-order valence-electron chi connectivity index (χ0n) is 28.6. The number of unbranched alkanes of at least 4 members (excludes halogenated alkanes) is 4. The quantitative estimate of drug-likeness (QED) is 0.202. The molecule has 3 aliphatic heterocycles. The van der Waals surface area contributed by atoms with Gasteiger partial charge in [-0.3, -0.25) is 9.59 Å². The molecule has 2 atom stereocenters. The molecule has 2 amide bonds. The number of para-hydroxylation sites is 1. The normalized spacial score (nSPS) is 19.5. The second-order valence-corrected chi connectivity index (χ2v) is 14.5. The summed E-state index contributed by atoms with van der Waals surface area (Å²) < 4.78 is 45.5. The summed E-state index contributed by atoms with van der Waals surface area (Å²) in [6, 6.07) is 20.1. The maximum absolute atomic E-state index is 14.3. The Labute approximate surface area is 297 Å². The fourth-order valence-electron chi connectivity index (χ4n) is 7.30. The summed E-state index contributed by atoms with van der Waals surface area (Å²) in [5.41, 5.74) is 2.66. The number of ether oxygens (including phenoxy) is 1. The minimum Gasteiger partial charge on any atom is -0.493 e. The van der Waals surface area contributed by atoms with Crippen molar-refractivity contribution < 1.29 is 27.5 Å². The third-order valence-electron chi connectivity index (χ3n) is 10.1. The van der Waals surface area contributed by atoms with E-state index in [0.29, 0.717) is 48.6 Å². The van der Waals surface area contributed by atoms with E-state index in [1.54, 1.807) is 36.0 Å². The number of nitrogens with zero attached hydrogens (tertiary/aromatic N) is 2. The third-order valence-corrected chi connectivity index (χ3v) is 11.3. The van der Waals surface area contributed by atoms with Gasteiger partial charge in [-0.2, -0.15) is 13.2 Å². The van der Waals surface area contributed by atoms with E-state index in [0.717, 1.165) is 62.0 Å². The summed E-state index contributed by atoms with van der Waals surface area (Å²) in [7, 11) is 0. The molecule has 3 aromatic carbocycles. The number of halogens is 3. The number of likely N-dealkylation sites (tertiary alicyclic amines) is 1. The maximum Gasteiger partial charge on any atom is 0.416 e. The molecule has 0 saturated carbocycles. The van der Waals surface area contributed by atoms with E-state index in [1.165, 1.54) is 31.4 Å². The Morgan fingerprint density at radius 3 is 2.40 bits per heavy atom. The number of amides is 2. The number of carbonyl (C=O) groups excluding carboxylic acids is 2. The lowest BCUT2D eigenvalue weighted by molar-refractivity contribution is -0.137. The van der Waals surface area contributed by atoms with E-state index >= 15 is 0 Å². The standard InChI is InChI=1S/C40H46F3N3O3S/c1-2-3-4-5-10-23-46(35-15-11-26-49-36-16-9-8-14-33(35)36)39(48)34-27-50-37(44-34)29-21-24-45(25-22-29)38(47)32-13-7-6-12-31(32)28-17-19-30(20-18-28)40(41,42)43/h6-9,12-14,16-20,27,29,35,37,44H,2-5,10-11,15,21-26H2,1H3. The lowest BCUT2D eigenvalue weighted by Gasteiger charge is -2.36. The van der Waals surface area contributed by atoms with Gasteiger partial charge in [0.2, 0.25) is 0 Å². The Morgan fingerprint density at radius 2 is 1.64 bits per heavy atom. The van der Waals surface area contributed by atoms with Crippen molar-refractivity contribution in [1.29, 1.82) is 0 Å². The first kappa shape index (κ1) is 35.9. The van der Waals surface area contributed by atoms with Crippen LogP contribution < -0.4 is 10.1 Å². The molecule has 2 unspecified atom stereocenters. The topological polar surface area (TPSA) is 61.9 Å². The number of carbonyl (C=O) groups is 2. The van der Waals surface area contributed by atoms with Crippen molar-refractivity contribution >= 4 is 23.6 Å². The highest BCUT2D eigenvalue weighted by Gasteiger charge is 2.37. The van der Waals surface area contributed by atoms with Crippen LogP contribution in [0.4, 0.5) is 13.2 Å². The molecule has 3 heterocycles. The molecule has 1 saturated heterocycles. The zero-order chi connectivity index (χ0) is 35.1. The van der Waals surface area contributed by atoms with Gasteiger partial charge in [-0.1, -0.05) is 81.1 Å². The summed E-state index contributed by atoms with van der Waals surface area (Å²) in [5.74, 6) is 1.04. The minimum atomic E-state index is -4.42. The predicted molar refractivity (Wildman–Crippen MR) is 192 cm³/mol. The van der Waals surface area contributed by atoms with Crippen LogP contribution in [0.25, 0.3) is 11.1 Å². The molecule has 0 bridgehead atoms. The summed E-state index contributed by atoms with van der Waals surface area (Å²) in [6.07, 6.45) is 4.49. The molecule has 10 heteroatoms. The number of hydrogen-bond donors (Lipinski definition) is 1. The second kappa shape index (κ2) is 16.4. The predicted octanol–water partition coefficient (Wildman–Crippen LogP) is 9.44. The first-order valence-electron chi connectivity index (χ1n) is 18.0. The number of benzene rings is 3. The van der Waals surface area contributed by atoms with Crippen molar-refractivity contribution in [3.05, 3.63) is 101 Å². The summed E-state index contributed by atoms with van der Waals surface area (Å²) in [6.45, 7) is 4.68. The van der Waals surface area contributed by atoms with Crippen molar-refractivity contribution in [2.45, 2.75) is 82.3 Å². The average molecular weight is 706 g/mol. The van der Waals surface area contributed by atoms with Gasteiger partial charge < -0.3 is 19.9 Å². The molecule has 50 heavy (non-hydrogen) atoms. The highest BCUT2D eigenvalue weighted by atomic mass is 32.2. The van der Waals surface area contributed by atoms with Gasteiger partial charge in [0, 0.05) is 36.2 Å². The molecular formula is C40H46F3N3O3S. The number of piperidine rings is 1. The molecular weight excluding hydrogens is 660 g/mol. The van der Waals surface area contributed by atoms with Gasteiger partial charge in [0.25, 0.3) is 11.8 Å². The van der Waals surface area contributed by atoms with Gasteiger partial charge in [0.05, 0.1) is 23.6 Å². The molecule has 6 rings (SSSR count). The Bertz CT molecular complexity index is 1650. The van der Waals surface area contributed by atoms with Gasteiger partial charge in [-0.05, 0) is 73.4 Å². The van der Waals surface area contributed by atoms with E-state index in [2.05, 4.69) is 23.2 Å². The molecule has 3 aromatic rings. The number of fused-ring (bicyclic) bond motifs is 1. The van der Waals surface area contributed by atoms with Crippen LogP contribution in [-0.2, 0) is 11.0 Å². The molecule has 266 valence electrons. The monoisotopic (exact) mass is 705 g/mol. The molecule has 0 spiro atoms. The number of hydrogen-bond acceptors (Lipinski definition) is 5. The van der Waals surface area contributed by atoms with Gasteiger partial charge in [0.15, 0.2) is 0 Å². The SMILES string of the molecule is CCCCCCCN(C(=O)C1=CSC(C2CCN(C(=O)c3ccccc3-c3ccc(C(F)(F)F)cc3)CC2)N1)C1CCCOc2ccccc21. The largest absolute Gasteiger partial charge is 0.493 e. The van der Waals surface area contributed by atoms with Crippen molar-refractivity contribution in [1.82, 2.24) is 15.1 Å². The minimum absolute atomic E-state index is 0.0321. The van der Waals surface area contributed by atoms with E-state index in [1.807, 2.05) is 28.5 Å². The third kappa shape index (κ3) is 8.33. The van der Waals surface area contributed by atoms with E-state index in [-0.39, 0.29) is 29.1 Å². The molecule has 0 radical (unpaired) electrons. The van der Waals surface area contributed by atoms with Crippen LogP contribution in [0.1, 0.15) is 92.2 Å². The maximum atomic E-state index is 14.3. The van der Waals surface area contributed by atoms with Crippen molar-refractivity contribution in [2.24, 2.45) is 5.92 Å². The highest BCUT2D eigenvalue weighted by Crippen LogP contribution is 2.39. The number of alkyl halides is 3. The van der Waals surface area contributed by atoms with Crippen molar-refractivity contribution in [2.75, 3.05) is 26.2 Å². The molecule has 3 aliphatic rings. The molecule has 6 nitrogen and oxygen atoms in total. The van der Waals surface area contributed by atoms with Crippen LogP contribution in [0, 0.1) is 5.92 Å². The number of nitrogens with one attached hydrogen (secondary N) is 1.